The molecule has 0 fully saturated rings. The molecule has 0 aliphatic carbocycles. The van der Waals surface area contributed by atoms with Crippen molar-refractivity contribution in [3.8, 4) is 11.3 Å². The van der Waals surface area contributed by atoms with Crippen LogP contribution in [0.25, 0.3) is 11.3 Å². The lowest BCUT2D eigenvalue weighted by molar-refractivity contribution is 0.366. The zero-order valence-corrected chi connectivity index (χ0v) is 8.52. The lowest BCUT2D eigenvalue weighted by Crippen LogP contribution is -1.92. The molecule has 0 saturated heterocycles. The van der Waals surface area contributed by atoms with Crippen LogP contribution in [0.2, 0.25) is 0 Å². The number of nitrogens with zero attached hydrogens (tertiary/aromatic N) is 1. The van der Waals surface area contributed by atoms with Gasteiger partial charge in [-0.25, -0.2) is 9.37 Å². The Morgan fingerprint density at radius 2 is 1.73 bits per heavy atom. The fraction of sp³-hybridized carbons (Fsp3) is 0.154. The molecule has 0 aliphatic heterocycles. The first-order valence-corrected chi connectivity index (χ1v) is 4.94. The van der Waals surface area contributed by atoms with Crippen molar-refractivity contribution in [2.75, 3.05) is 0 Å². The van der Waals surface area contributed by atoms with Crippen molar-refractivity contribution >= 4 is 0 Å². The van der Waals surface area contributed by atoms with E-state index < -0.39 is 6.17 Å². The van der Waals surface area contributed by atoms with E-state index in [-0.39, 0.29) is 0 Å². The van der Waals surface area contributed by atoms with E-state index in [4.69, 9.17) is 0 Å². The summed E-state index contributed by atoms with van der Waals surface area (Å²) in [6, 6.07) is 15.2. The molecule has 0 bridgehead atoms. The van der Waals surface area contributed by atoms with Crippen LogP contribution in [0.1, 0.15) is 18.8 Å². The molecule has 76 valence electrons. The maximum Gasteiger partial charge on any atom is 0.139 e. The van der Waals surface area contributed by atoms with E-state index in [9.17, 15) is 4.39 Å². The third kappa shape index (κ3) is 2.21. The summed E-state index contributed by atoms with van der Waals surface area (Å²) in [5.41, 5.74) is 2.31. The molecular weight excluding hydrogens is 189 g/mol. The van der Waals surface area contributed by atoms with Crippen LogP contribution in [-0.4, -0.2) is 4.98 Å². The Labute approximate surface area is 88.6 Å². The Morgan fingerprint density at radius 1 is 1.00 bits per heavy atom. The van der Waals surface area contributed by atoms with Gasteiger partial charge in [0, 0.05) is 5.56 Å². The van der Waals surface area contributed by atoms with E-state index in [0.717, 1.165) is 11.3 Å². The third-order valence-corrected chi connectivity index (χ3v) is 2.25. The molecule has 15 heavy (non-hydrogen) atoms. The number of rotatable bonds is 2. The highest BCUT2D eigenvalue weighted by Crippen LogP contribution is 2.20. The summed E-state index contributed by atoms with van der Waals surface area (Å²) in [6.07, 6.45) is -1.02. The standard InChI is InChI=1S/C13H12FN/c1-10(14)12-8-5-9-13(15-12)11-6-3-2-4-7-11/h2-10H,1H3. The molecule has 1 aromatic carbocycles. The molecule has 2 aromatic rings. The van der Waals surface area contributed by atoms with Gasteiger partial charge in [0.05, 0.1) is 11.4 Å². The molecule has 1 aromatic heterocycles. The van der Waals surface area contributed by atoms with Gasteiger partial charge >= 0.3 is 0 Å². The van der Waals surface area contributed by atoms with Crippen LogP contribution < -0.4 is 0 Å². The second kappa shape index (κ2) is 4.22. The molecule has 0 N–H and O–H groups in total. The lowest BCUT2D eigenvalue weighted by atomic mass is 10.1. The molecule has 2 heteroatoms. The van der Waals surface area contributed by atoms with Crippen molar-refractivity contribution in [1.29, 1.82) is 0 Å². The van der Waals surface area contributed by atoms with Crippen LogP contribution in [0, 0.1) is 0 Å². The Hall–Kier alpha value is -1.70. The molecule has 0 radical (unpaired) electrons. The highest BCUT2D eigenvalue weighted by Gasteiger charge is 2.05. The van der Waals surface area contributed by atoms with Crippen LogP contribution in [0.4, 0.5) is 4.39 Å². The average Bonchev–Trinajstić information content (AvgIpc) is 2.30. The summed E-state index contributed by atoms with van der Waals surface area (Å²) < 4.78 is 13.1. The molecular formula is C13H12FN. The Morgan fingerprint density at radius 3 is 2.40 bits per heavy atom. The minimum Gasteiger partial charge on any atom is -0.250 e. The van der Waals surface area contributed by atoms with Gasteiger partial charge < -0.3 is 0 Å². The number of hydrogen-bond acceptors (Lipinski definition) is 1. The van der Waals surface area contributed by atoms with E-state index in [1.54, 1.807) is 6.07 Å². The zero-order valence-electron chi connectivity index (χ0n) is 8.52. The van der Waals surface area contributed by atoms with Gasteiger partial charge in [-0.15, -0.1) is 0 Å². The van der Waals surface area contributed by atoms with Crippen molar-refractivity contribution < 1.29 is 4.39 Å². The van der Waals surface area contributed by atoms with Crippen molar-refractivity contribution in [2.45, 2.75) is 13.1 Å². The van der Waals surface area contributed by atoms with Crippen LogP contribution in [-0.2, 0) is 0 Å². The predicted octanol–water partition coefficient (Wildman–Crippen LogP) is 3.78. The van der Waals surface area contributed by atoms with Gasteiger partial charge in [0.25, 0.3) is 0 Å². The van der Waals surface area contributed by atoms with E-state index in [1.165, 1.54) is 6.92 Å². The summed E-state index contributed by atoms with van der Waals surface area (Å²) >= 11 is 0. The summed E-state index contributed by atoms with van der Waals surface area (Å²) in [7, 11) is 0. The van der Waals surface area contributed by atoms with Crippen LogP contribution in [0.15, 0.2) is 48.5 Å². The van der Waals surface area contributed by atoms with Crippen LogP contribution in [0.3, 0.4) is 0 Å². The van der Waals surface area contributed by atoms with Gasteiger partial charge in [-0.2, -0.15) is 0 Å². The molecule has 0 spiro atoms. The van der Waals surface area contributed by atoms with Gasteiger partial charge in [0.2, 0.25) is 0 Å². The zero-order chi connectivity index (χ0) is 10.7. The molecule has 1 nitrogen and oxygen atoms in total. The minimum absolute atomic E-state index is 0.483. The van der Waals surface area contributed by atoms with Crippen molar-refractivity contribution in [3.63, 3.8) is 0 Å². The van der Waals surface area contributed by atoms with Crippen LogP contribution >= 0.6 is 0 Å². The summed E-state index contributed by atoms with van der Waals surface area (Å²) in [6.45, 7) is 1.50. The first-order chi connectivity index (χ1) is 7.27. The first kappa shape index (κ1) is 9.84. The number of alkyl halides is 1. The quantitative estimate of drug-likeness (QED) is 0.720. The van der Waals surface area contributed by atoms with Crippen molar-refractivity contribution in [3.05, 3.63) is 54.2 Å². The summed E-state index contributed by atoms with van der Waals surface area (Å²) in [5.74, 6) is 0. The van der Waals surface area contributed by atoms with Crippen molar-refractivity contribution in [1.82, 2.24) is 4.98 Å². The van der Waals surface area contributed by atoms with Crippen molar-refractivity contribution in [2.24, 2.45) is 0 Å². The number of hydrogen-bond donors (Lipinski definition) is 0. The fourth-order valence-electron chi connectivity index (χ4n) is 1.44. The maximum absolute atomic E-state index is 13.1. The number of halogens is 1. The molecule has 0 amide bonds. The highest BCUT2D eigenvalue weighted by atomic mass is 19.1. The largest absolute Gasteiger partial charge is 0.250 e. The molecule has 0 saturated carbocycles. The maximum atomic E-state index is 13.1. The SMILES string of the molecule is CC(F)c1cccc(-c2ccccc2)n1. The molecule has 1 atom stereocenters. The monoisotopic (exact) mass is 201 g/mol. The van der Waals surface area contributed by atoms with Gasteiger partial charge in [0.1, 0.15) is 6.17 Å². The normalized spacial score (nSPS) is 12.4. The fourth-order valence-corrected chi connectivity index (χ4v) is 1.44. The number of benzene rings is 1. The summed E-state index contributed by atoms with van der Waals surface area (Å²) in [4.78, 5) is 4.27. The minimum atomic E-state index is -1.02. The lowest BCUT2D eigenvalue weighted by Gasteiger charge is -2.04. The van der Waals surface area contributed by atoms with E-state index in [0.29, 0.717) is 5.69 Å². The van der Waals surface area contributed by atoms with Gasteiger partial charge in [-0.3, -0.25) is 0 Å². The molecule has 1 unspecified atom stereocenters. The van der Waals surface area contributed by atoms with Crippen LogP contribution in [0.5, 0.6) is 0 Å². The number of aromatic nitrogens is 1. The Kier molecular flexibility index (Phi) is 2.77. The first-order valence-electron chi connectivity index (χ1n) is 4.94. The van der Waals surface area contributed by atoms with E-state index in [1.807, 2.05) is 42.5 Å². The van der Waals surface area contributed by atoms with E-state index in [2.05, 4.69) is 4.98 Å². The molecule has 0 aliphatic rings. The highest BCUT2D eigenvalue weighted by molar-refractivity contribution is 5.58. The topological polar surface area (TPSA) is 12.9 Å². The van der Waals surface area contributed by atoms with Gasteiger partial charge in [-0.1, -0.05) is 36.4 Å². The number of pyridine rings is 1. The second-order valence-electron chi connectivity index (χ2n) is 3.43. The predicted molar refractivity (Wildman–Crippen MR) is 59.2 cm³/mol. The summed E-state index contributed by atoms with van der Waals surface area (Å²) in [5, 5.41) is 0. The smallest absolute Gasteiger partial charge is 0.139 e. The third-order valence-electron chi connectivity index (χ3n) is 2.25. The van der Waals surface area contributed by atoms with E-state index >= 15 is 0 Å². The van der Waals surface area contributed by atoms with Gasteiger partial charge in [-0.05, 0) is 19.1 Å². The second-order valence-corrected chi connectivity index (χ2v) is 3.43. The molecule has 1 heterocycles. The Balaban J connectivity index is 2.42. The average molecular weight is 201 g/mol. The molecule has 2 rings (SSSR count). The van der Waals surface area contributed by atoms with Gasteiger partial charge in [0.15, 0.2) is 0 Å². The Bertz CT molecular complexity index is 437.